The van der Waals surface area contributed by atoms with Crippen LogP contribution in [-0.2, 0) is 27.9 Å². The molecule has 0 radical (unpaired) electrons. The van der Waals surface area contributed by atoms with Gasteiger partial charge in [0.2, 0.25) is 11.8 Å². The normalized spacial score (nSPS) is 16.4. The molecule has 0 aliphatic carbocycles. The number of rotatable bonds is 13. The molecule has 2 aliphatic rings. The van der Waals surface area contributed by atoms with Crippen molar-refractivity contribution in [2.24, 2.45) is 13.0 Å². The minimum atomic E-state index is -1.14. The van der Waals surface area contributed by atoms with Crippen LogP contribution < -0.4 is 15.5 Å². The highest BCUT2D eigenvalue weighted by molar-refractivity contribution is 6.34. The highest BCUT2D eigenvalue weighted by atomic mass is 35.5. The first-order chi connectivity index (χ1) is 27.7. The lowest BCUT2D eigenvalue weighted by atomic mass is 10.00. The molecule has 4 heterocycles. The van der Waals surface area contributed by atoms with Crippen molar-refractivity contribution in [2.45, 2.75) is 52.1 Å². The Balaban J connectivity index is 1.07. The van der Waals surface area contributed by atoms with E-state index in [0.29, 0.717) is 56.3 Å². The van der Waals surface area contributed by atoms with E-state index >= 15 is 8.78 Å². The Morgan fingerprint density at radius 1 is 1.02 bits per heavy atom. The van der Waals surface area contributed by atoms with Gasteiger partial charge >= 0.3 is 0 Å². The van der Waals surface area contributed by atoms with Crippen LogP contribution >= 0.6 is 11.6 Å². The fourth-order valence-corrected chi connectivity index (χ4v) is 7.70. The smallest absolute Gasteiger partial charge is 0.291 e. The maximum absolute atomic E-state index is 15.7. The number of benzene rings is 2. The van der Waals surface area contributed by atoms with Crippen molar-refractivity contribution in [1.82, 2.24) is 34.4 Å². The third-order valence-corrected chi connectivity index (χ3v) is 11.1. The first-order valence-corrected chi connectivity index (χ1v) is 20.0. The van der Waals surface area contributed by atoms with Crippen LogP contribution in [0, 0.1) is 24.5 Å². The number of halogens is 3. The van der Waals surface area contributed by atoms with E-state index in [4.69, 9.17) is 16.3 Å². The second kappa shape index (κ2) is 18.6. The second-order valence-electron chi connectivity index (χ2n) is 15.2. The van der Waals surface area contributed by atoms with Gasteiger partial charge in [-0.1, -0.05) is 24.6 Å². The van der Waals surface area contributed by atoms with Crippen molar-refractivity contribution in [3.63, 3.8) is 0 Å². The average Bonchev–Trinajstić information content (AvgIpc) is 3.76. The van der Waals surface area contributed by atoms with Gasteiger partial charge in [0.1, 0.15) is 6.54 Å². The Hall–Kier alpha value is -5.19. The summed E-state index contributed by atoms with van der Waals surface area (Å²) in [5.41, 5.74) is 1.33. The van der Waals surface area contributed by atoms with Crippen LogP contribution in [0.1, 0.15) is 59.3 Å². The van der Waals surface area contributed by atoms with Crippen LogP contribution in [0.5, 0.6) is 0 Å². The Bertz CT molecular complexity index is 2160. The molecule has 2 saturated heterocycles. The number of carbonyl (C=O) groups excluding carboxylic acids is 4. The Labute approximate surface area is 341 Å². The highest BCUT2D eigenvalue weighted by Crippen LogP contribution is 2.33. The molecule has 310 valence electrons. The molecule has 2 aromatic carbocycles. The quantitative estimate of drug-likeness (QED) is 0.187. The molecule has 4 aromatic rings. The van der Waals surface area contributed by atoms with E-state index in [9.17, 15) is 19.2 Å². The number of aromatic nitrogens is 4. The molecule has 2 aliphatic heterocycles. The van der Waals surface area contributed by atoms with E-state index in [1.54, 1.807) is 17.9 Å². The van der Waals surface area contributed by atoms with E-state index in [2.05, 4.69) is 34.8 Å². The van der Waals surface area contributed by atoms with E-state index < -0.39 is 17.5 Å². The first kappa shape index (κ1) is 42.4. The summed E-state index contributed by atoms with van der Waals surface area (Å²) >= 11 is 6.56. The number of nitrogens with one attached hydrogen (secondary N) is 3. The first-order valence-electron chi connectivity index (χ1n) is 19.6. The molecule has 58 heavy (non-hydrogen) atoms. The third-order valence-electron chi connectivity index (χ3n) is 10.8. The van der Waals surface area contributed by atoms with Gasteiger partial charge < -0.3 is 34.6 Å². The number of hydrogen-bond acceptors (Lipinski definition) is 7. The van der Waals surface area contributed by atoms with Gasteiger partial charge in [-0.2, -0.15) is 5.10 Å². The summed E-state index contributed by atoms with van der Waals surface area (Å²) in [7, 11) is 5.65. The molecular formula is C41H51ClF2N9O5+. The van der Waals surface area contributed by atoms with E-state index in [1.165, 1.54) is 57.9 Å². The molecule has 14 nitrogen and oxygen atoms in total. The van der Waals surface area contributed by atoms with E-state index in [0.717, 1.165) is 32.2 Å². The number of ether oxygens (including phenoxy) is 1. The number of aryl methyl sites for hydroxylation is 1. The van der Waals surface area contributed by atoms with Crippen LogP contribution in [-0.4, -0.2) is 119 Å². The topological polar surface area (TPSA) is 148 Å². The summed E-state index contributed by atoms with van der Waals surface area (Å²) in [6.07, 6.45) is 6.06. The molecule has 6 rings (SSSR count). The highest BCUT2D eigenvalue weighted by Gasteiger charge is 2.30. The number of piperazine rings is 1. The van der Waals surface area contributed by atoms with Gasteiger partial charge in [-0.25, -0.2) is 13.8 Å². The van der Waals surface area contributed by atoms with E-state index in [-0.39, 0.29) is 69.5 Å². The Morgan fingerprint density at radius 3 is 2.40 bits per heavy atom. The monoisotopic (exact) mass is 822 g/mol. The fraction of sp³-hybridized carbons (Fsp3) is 0.463. The summed E-state index contributed by atoms with van der Waals surface area (Å²) in [4.78, 5) is 61.5. The molecule has 0 spiro atoms. The number of hydrogen-bond donors (Lipinski definition) is 3. The predicted octanol–water partition coefficient (Wildman–Crippen LogP) is 3.58. The van der Waals surface area contributed by atoms with Gasteiger partial charge in [0.05, 0.1) is 61.5 Å². The van der Waals surface area contributed by atoms with Crippen molar-refractivity contribution in [3.8, 4) is 22.4 Å². The van der Waals surface area contributed by atoms with Gasteiger partial charge in [-0.15, -0.1) is 0 Å². The molecule has 3 N–H and O–H groups in total. The van der Waals surface area contributed by atoms with Gasteiger partial charge in [-0.3, -0.25) is 23.9 Å². The maximum Gasteiger partial charge on any atom is 0.291 e. The summed E-state index contributed by atoms with van der Waals surface area (Å²) < 4.78 is 39.6. The zero-order valence-electron chi connectivity index (χ0n) is 33.5. The number of quaternary nitrogens is 1. The van der Waals surface area contributed by atoms with E-state index in [1.807, 2.05) is 11.8 Å². The lowest BCUT2D eigenvalue weighted by Gasteiger charge is -2.36. The van der Waals surface area contributed by atoms with Gasteiger partial charge in [0.15, 0.2) is 17.5 Å². The predicted molar refractivity (Wildman–Crippen MR) is 214 cm³/mol. The SMILES string of the molecule is CCC(CC[NH+](C)C)C(=O)N1CCN(C(=O)c2ccc(NC(=O)c3ncc(-c4ccc(-c5cn(CC(=O)NC6CCCOC6)nc5C)c(F)c4F)n3C)cc2Cl)CC1. The fourth-order valence-electron chi connectivity index (χ4n) is 7.44. The summed E-state index contributed by atoms with van der Waals surface area (Å²) in [5, 5.41) is 10.1. The lowest BCUT2D eigenvalue weighted by Crippen LogP contribution is -3.05. The average molecular weight is 823 g/mol. The molecule has 2 atom stereocenters. The number of nitrogens with zero attached hydrogens (tertiary/aromatic N) is 6. The van der Waals surface area contributed by atoms with Crippen LogP contribution in [0.15, 0.2) is 42.7 Å². The van der Waals surface area contributed by atoms with Crippen LogP contribution in [0.2, 0.25) is 5.02 Å². The molecule has 0 saturated carbocycles. The van der Waals surface area contributed by atoms with Crippen molar-refractivity contribution in [2.75, 3.05) is 65.3 Å². The van der Waals surface area contributed by atoms with Gasteiger partial charge in [0.25, 0.3) is 11.8 Å². The minimum absolute atomic E-state index is 0.0284. The number of anilines is 1. The molecule has 4 amide bonds. The third kappa shape index (κ3) is 9.56. The lowest BCUT2D eigenvalue weighted by molar-refractivity contribution is -0.858. The number of amides is 4. The molecule has 0 bridgehead atoms. The minimum Gasteiger partial charge on any atom is -0.379 e. The summed E-state index contributed by atoms with van der Waals surface area (Å²) in [5.74, 6) is -3.41. The Kier molecular flexibility index (Phi) is 13.6. The molecule has 2 unspecified atom stereocenters. The van der Waals surface area contributed by atoms with Crippen LogP contribution in [0.3, 0.4) is 0 Å². The zero-order chi connectivity index (χ0) is 41.7. The zero-order valence-corrected chi connectivity index (χ0v) is 34.3. The molecule has 2 fully saturated rings. The van der Waals surface area contributed by atoms with Gasteiger partial charge in [-0.05, 0) is 50.5 Å². The van der Waals surface area contributed by atoms with Crippen LogP contribution in [0.4, 0.5) is 14.5 Å². The number of carbonyl (C=O) groups is 4. The maximum atomic E-state index is 15.7. The Morgan fingerprint density at radius 2 is 1.72 bits per heavy atom. The number of imidazole rings is 1. The van der Waals surface area contributed by atoms with Crippen molar-refractivity contribution < 1.29 is 37.6 Å². The molecule has 2 aromatic heterocycles. The molecule has 17 heteroatoms. The standard InChI is InChI=1S/C41H50ClF2N9O5/c1-6-26(13-14-49(3)4)40(56)51-15-17-52(18-16-51)41(57)30-10-9-27(20-33(30)42)47-39(55)38-45-21-34(50(38)5)31-12-11-29(36(43)37(31)44)32-22-53(48-25(32)2)23-35(54)46-28-8-7-19-58-24-28/h9-12,20-22,26,28H,6-8,13-19,23-24H2,1-5H3,(H,46,54)(H,47,55)/p+1. The molecular weight excluding hydrogens is 772 g/mol. The second-order valence-corrected chi connectivity index (χ2v) is 15.6. The van der Waals surface area contributed by atoms with Crippen molar-refractivity contribution in [1.29, 1.82) is 0 Å². The van der Waals surface area contributed by atoms with Crippen molar-refractivity contribution >= 4 is 40.9 Å². The summed E-state index contributed by atoms with van der Waals surface area (Å²) in [6.45, 7) is 7.26. The van der Waals surface area contributed by atoms with Gasteiger partial charge in [0, 0.05) is 80.7 Å². The van der Waals surface area contributed by atoms with Crippen molar-refractivity contribution in [3.05, 3.63) is 76.5 Å². The summed E-state index contributed by atoms with van der Waals surface area (Å²) in [6, 6.07) is 7.30. The largest absolute Gasteiger partial charge is 0.379 e. The van der Waals surface area contributed by atoms with Crippen LogP contribution in [0.25, 0.3) is 22.4 Å².